The van der Waals surface area contributed by atoms with Crippen molar-refractivity contribution < 1.29 is 13.2 Å². The summed E-state index contributed by atoms with van der Waals surface area (Å²) in [6.45, 7) is -0.0117. The molecule has 0 aromatic carbocycles. The van der Waals surface area contributed by atoms with Crippen LogP contribution in [0.2, 0.25) is 0 Å². The number of halogens is 3. The first kappa shape index (κ1) is 14.6. The molecule has 0 spiro atoms. The Balaban J connectivity index is 2.11. The lowest BCUT2D eigenvalue weighted by Crippen LogP contribution is -2.28. The van der Waals surface area contributed by atoms with Crippen LogP contribution >= 0.6 is 11.8 Å². The molecule has 1 aliphatic carbocycles. The molecule has 2 rings (SSSR count). The average molecular weight is 295 g/mol. The summed E-state index contributed by atoms with van der Waals surface area (Å²) in [5.74, 6) is 0. The fourth-order valence-corrected chi connectivity index (χ4v) is 3.23. The summed E-state index contributed by atoms with van der Waals surface area (Å²) in [5, 5.41) is 9.74. The maximum Gasteiger partial charge on any atom is 0.401 e. The fraction of sp³-hybridized carbons (Fsp3) is 0.900. The molecule has 1 atom stereocenters. The van der Waals surface area contributed by atoms with Crippen molar-refractivity contribution in [2.45, 2.75) is 54.7 Å². The maximum atomic E-state index is 12.9. The molecule has 19 heavy (non-hydrogen) atoms. The molecule has 1 aromatic heterocycles. The Hall–Kier alpha value is -0.830. The predicted octanol–water partition coefficient (Wildman–Crippen LogP) is 2.16. The standard InChI is InChI=1S/C10H16F3N5S/c11-10(12,13)8(5-6-14)19-9-15-16-17-18(9)7-3-1-2-4-7/h7-8H,1-6,14H2. The summed E-state index contributed by atoms with van der Waals surface area (Å²) in [6, 6.07) is 0.129. The molecule has 0 amide bonds. The van der Waals surface area contributed by atoms with Crippen molar-refractivity contribution in [2.75, 3.05) is 6.54 Å². The molecule has 5 nitrogen and oxygen atoms in total. The molecule has 1 fully saturated rings. The predicted molar refractivity (Wildman–Crippen MR) is 64.7 cm³/mol. The molecule has 1 heterocycles. The summed E-state index contributed by atoms with van der Waals surface area (Å²) in [4.78, 5) is 0. The number of tetrazole rings is 1. The van der Waals surface area contributed by atoms with Crippen LogP contribution in [-0.4, -0.2) is 38.2 Å². The molecule has 1 unspecified atom stereocenters. The van der Waals surface area contributed by atoms with Crippen molar-refractivity contribution in [1.29, 1.82) is 0 Å². The zero-order chi connectivity index (χ0) is 13.9. The van der Waals surface area contributed by atoms with Gasteiger partial charge in [-0.05, 0) is 36.2 Å². The van der Waals surface area contributed by atoms with Crippen molar-refractivity contribution in [2.24, 2.45) is 5.73 Å². The zero-order valence-electron chi connectivity index (χ0n) is 10.3. The number of hydrogen-bond donors (Lipinski definition) is 1. The minimum Gasteiger partial charge on any atom is -0.330 e. The Morgan fingerprint density at radius 3 is 2.63 bits per heavy atom. The monoisotopic (exact) mass is 295 g/mol. The van der Waals surface area contributed by atoms with Crippen molar-refractivity contribution in [3.05, 3.63) is 0 Å². The van der Waals surface area contributed by atoms with Gasteiger partial charge in [-0.25, -0.2) is 4.68 Å². The van der Waals surface area contributed by atoms with Gasteiger partial charge in [-0.1, -0.05) is 24.6 Å². The van der Waals surface area contributed by atoms with Crippen molar-refractivity contribution in [3.8, 4) is 0 Å². The van der Waals surface area contributed by atoms with Crippen LogP contribution in [0.5, 0.6) is 0 Å². The molecule has 1 saturated carbocycles. The smallest absolute Gasteiger partial charge is 0.330 e. The van der Waals surface area contributed by atoms with Gasteiger partial charge >= 0.3 is 6.18 Å². The highest BCUT2D eigenvalue weighted by molar-refractivity contribution is 7.99. The van der Waals surface area contributed by atoms with E-state index in [9.17, 15) is 13.2 Å². The first-order chi connectivity index (χ1) is 9.02. The number of rotatable bonds is 5. The van der Waals surface area contributed by atoms with Gasteiger partial charge < -0.3 is 5.73 Å². The van der Waals surface area contributed by atoms with Crippen LogP contribution < -0.4 is 5.73 Å². The molecule has 108 valence electrons. The number of nitrogens with zero attached hydrogens (tertiary/aromatic N) is 4. The average Bonchev–Trinajstić information content (AvgIpc) is 2.96. The summed E-state index contributed by atoms with van der Waals surface area (Å²) < 4.78 is 40.1. The second-order valence-corrected chi connectivity index (χ2v) is 5.74. The largest absolute Gasteiger partial charge is 0.401 e. The molecule has 0 aliphatic heterocycles. The topological polar surface area (TPSA) is 69.6 Å². The van der Waals surface area contributed by atoms with E-state index in [1.807, 2.05) is 0 Å². The SMILES string of the molecule is NCCC(Sc1nnnn1C1CCCC1)C(F)(F)F. The maximum absolute atomic E-state index is 12.9. The number of alkyl halides is 3. The van der Waals surface area contributed by atoms with Crippen LogP contribution in [0.3, 0.4) is 0 Å². The normalized spacial score (nSPS) is 18.9. The minimum absolute atomic E-state index is 0.0117. The number of aromatic nitrogens is 4. The first-order valence-corrected chi connectivity index (χ1v) is 7.11. The number of thioether (sulfide) groups is 1. The van der Waals surface area contributed by atoms with Crippen molar-refractivity contribution >= 4 is 11.8 Å². The molecule has 0 radical (unpaired) electrons. The van der Waals surface area contributed by atoms with E-state index >= 15 is 0 Å². The Bertz CT molecular complexity index is 402. The van der Waals surface area contributed by atoms with Crippen molar-refractivity contribution in [1.82, 2.24) is 20.2 Å². The highest BCUT2D eigenvalue weighted by Gasteiger charge is 2.41. The van der Waals surface area contributed by atoms with Crippen LogP contribution in [0.4, 0.5) is 13.2 Å². The van der Waals surface area contributed by atoms with Gasteiger partial charge in [0.2, 0.25) is 5.16 Å². The van der Waals surface area contributed by atoms with Gasteiger partial charge in [0, 0.05) is 0 Å². The van der Waals surface area contributed by atoms with Gasteiger partial charge in [0.15, 0.2) is 0 Å². The van der Waals surface area contributed by atoms with E-state index in [1.165, 1.54) is 4.68 Å². The third-order valence-electron chi connectivity index (χ3n) is 3.17. The highest BCUT2D eigenvalue weighted by Crippen LogP contribution is 2.38. The quantitative estimate of drug-likeness (QED) is 0.843. The minimum atomic E-state index is -4.30. The van der Waals surface area contributed by atoms with Gasteiger partial charge in [-0.2, -0.15) is 13.2 Å². The van der Waals surface area contributed by atoms with Gasteiger partial charge in [-0.3, -0.25) is 0 Å². The molecular weight excluding hydrogens is 279 g/mol. The van der Waals surface area contributed by atoms with E-state index in [0.29, 0.717) is 11.8 Å². The van der Waals surface area contributed by atoms with Gasteiger partial charge in [0.25, 0.3) is 0 Å². The van der Waals surface area contributed by atoms with E-state index in [4.69, 9.17) is 5.73 Å². The van der Waals surface area contributed by atoms with Gasteiger partial charge in [0.1, 0.15) is 5.25 Å². The van der Waals surface area contributed by atoms with Gasteiger partial charge in [0.05, 0.1) is 6.04 Å². The molecule has 2 N–H and O–H groups in total. The third kappa shape index (κ3) is 3.59. The Labute approximate surface area is 113 Å². The van der Waals surface area contributed by atoms with Crippen LogP contribution in [0.1, 0.15) is 38.1 Å². The highest BCUT2D eigenvalue weighted by atomic mass is 32.2. The third-order valence-corrected chi connectivity index (χ3v) is 4.44. The lowest BCUT2D eigenvalue weighted by atomic mass is 10.3. The Kier molecular flexibility index (Phi) is 4.67. The van der Waals surface area contributed by atoms with E-state index in [-0.39, 0.29) is 24.2 Å². The Morgan fingerprint density at radius 2 is 2.05 bits per heavy atom. The summed E-state index contributed by atoms with van der Waals surface area (Å²) in [5.41, 5.74) is 5.24. The second-order valence-electron chi connectivity index (χ2n) is 4.57. The van der Waals surface area contributed by atoms with Crippen LogP contribution in [-0.2, 0) is 0 Å². The summed E-state index contributed by atoms with van der Waals surface area (Å²) in [6.07, 6.45) is -0.444. The molecular formula is C10H16F3N5S. The van der Waals surface area contributed by atoms with Crippen LogP contribution in [0.25, 0.3) is 0 Å². The van der Waals surface area contributed by atoms with Gasteiger partial charge in [-0.15, -0.1) is 5.10 Å². The molecule has 0 bridgehead atoms. The summed E-state index contributed by atoms with van der Waals surface area (Å²) in [7, 11) is 0. The number of hydrogen-bond acceptors (Lipinski definition) is 5. The summed E-state index contributed by atoms with van der Waals surface area (Å²) >= 11 is 0.662. The Morgan fingerprint density at radius 1 is 1.37 bits per heavy atom. The van der Waals surface area contributed by atoms with E-state index in [0.717, 1.165) is 25.7 Å². The van der Waals surface area contributed by atoms with Crippen LogP contribution in [0, 0.1) is 0 Å². The fourth-order valence-electron chi connectivity index (χ4n) is 2.21. The first-order valence-electron chi connectivity index (χ1n) is 6.23. The second kappa shape index (κ2) is 6.08. The molecule has 1 aliphatic rings. The van der Waals surface area contributed by atoms with E-state index < -0.39 is 11.4 Å². The molecule has 9 heteroatoms. The van der Waals surface area contributed by atoms with Crippen molar-refractivity contribution in [3.63, 3.8) is 0 Å². The molecule has 0 saturated heterocycles. The molecule has 1 aromatic rings. The lowest BCUT2D eigenvalue weighted by Gasteiger charge is -2.19. The zero-order valence-corrected chi connectivity index (χ0v) is 11.1. The van der Waals surface area contributed by atoms with E-state index in [2.05, 4.69) is 15.5 Å². The van der Waals surface area contributed by atoms with Crippen LogP contribution in [0.15, 0.2) is 5.16 Å². The van der Waals surface area contributed by atoms with E-state index in [1.54, 1.807) is 0 Å². The number of nitrogens with two attached hydrogens (primary N) is 1. The lowest BCUT2D eigenvalue weighted by molar-refractivity contribution is -0.129.